The Morgan fingerprint density at radius 2 is 1.78 bits per heavy atom. The summed E-state index contributed by atoms with van der Waals surface area (Å²) in [6.45, 7) is 4.41. The second-order valence-corrected chi connectivity index (χ2v) is 4.81. The number of rotatable bonds is 4. The molecule has 5 heteroatoms. The van der Waals surface area contributed by atoms with E-state index in [1.165, 1.54) is 32.9 Å². The van der Waals surface area contributed by atoms with E-state index in [0.29, 0.717) is 0 Å². The minimum atomic E-state index is -3.64. The number of alkyl halides is 2. The van der Waals surface area contributed by atoms with Crippen LogP contribution in [0.25, 0.3) is 0 Å². The summed E-state index contributed by atoms with van der Waals surface area (Å²) in [5.74, 6) is -5.36. The topological polar surface area (TPSA) is 46.2 Å². The molecule has 0 saturated heterocycles. The van der Waals surface area contributed by atoms with Crippen molar-refractivity contribution in [2.45, 2.75) is 38.8 Å². The number of hydrogen-bond donors (Lipinski definition) is 2. The molecular weight excluding hydrogens is 243 g/mol. The zero-order valence-electron chi connectivity index (χ0n) is 10.6. The summed E-state index contributed by atoms with van der Waals surface area (Å²) in [4.78, 5) is 0. The lowest BCUT2D eigenvalue weighted by molar-refractivity contribution is -0.134. The van der Waals surface area contributed by atoms with Crippen LogP contribution in [0, 0.1) is 11.7 Å². The van der Waals surface area contributed by atoms with E-state index in [4.69, 9.17) is 5.73 Å². The fourth-order valence-electron chi connectivity index (χ4n) is 1.74. The van der Waals surface area contributed by atoms with Crippen LogP contribution in [-0.2, 0) is 5.92 Å². The Labute approximate surface area is 105 Å². The molecule has 0 bridgehead atoms. The lowest BCUT2D eigenvalue weighted by Crippen LogP contribution is -2.36. The Balaban J connectivity index is 3.29. The highest BCUT2D eigenvalue weighted by molar-refractivity contribution is 5.31. The highest BCUT2D eigenvalue weighted by Crippen LogP contribution is 2.37. The number of nitrogens with two attached hydrogens (primary N) is 1. The number of aliphatic hydroxyl groups excluding tert-OH is 1. The lowest BCUT2D eigenvalue weighted by Gasteiger charge is -2.26. The molecule has 0 aliphatic carbocycles. The quantitative estimate of drug-likeness (QED) is 0.875. The summed E-state index contributed by atoms with van der Waals surface area (Å²) in [6.07, 6.45) is -1.93. The third kappa shape index (κ3) is 2.67. The molecule has 2 unspecified atom stereocenters. The molecule has 102 valence electrons. The summed E-state index contributed by atoms with van der Waals surface area (Å²) in [6, 6.07) is 2.98. The van der Waals surface area contributed by atoms with Gasteiger partial charge in [-0.2, -0.15) is 8.78 Å². The maximum atomic E-state index is 14.0. The Hall–Kier alpha value is -1.07. The normalized spacial score (nSPS) is 15.8. The summed E-state index contributed by atoms with van der Waals surface area (Å²) < 4.78 is 41.9. The molecular formula is C13H18F3NO. The number of hydrogen-bond acceptors (Lipinski definition) is 2. The van der Waals surface area contributed by atoms with Gasteiger partial charge in [0.05, 0.1) is 5.56 Å². The van der Waals surface area contributed by atoms with E-state index >= 15 is 0 Å². The van der Waals surface area contributed by atoms with Gasteiger partial charge in [-0.25, -0.2) is 4.39 Å². The smallest absolute Gasteiger partial charge is 0.301 e. The fourth-order valence-corrected chi connectivity index (χ4v) is 1.74. The van der Waals surface area contributed by atoms with Crippen molar-refractivity contribution in [3.05, 3.63) is 35.1 Å². The maximum absolute atomic E-state index is 14.0. The van der Waals surface area contributed by atoms with Crippen LogP contribution >= 0.6 is 0 Å². The van der Waals surface area contributed by atoms with Gasteiger partial charge in [-0.1, -0.05) is 26.0 Å². The van der Waals surface area contributed by atoms with Gasteiger partial charge >= 0.3 is 5.92 Å². The van der Waals surface area contributed by atoms with Gasteiger partial charge < -0.3 is 10.8 Å². The van der Waals surface area contributed by atoms with Gasteiger partial charge in [0, 0.05) is 11.6 Å². The molecule has 0 aliphatic heterocycles. The third-order valence-electron chi connectivity index (χ3n) is 2.88. The van der Waals surface area contributed by atoms with Crippen molar-refractivity contribution >= 4 is 0 Å². The molecule has 0 fully saturated rings. The Bertz CT molecular complexity index is 419. The van der Waals surface area contributed by atoms with Crippen LogP contribution in [0.2, 0.25) is 0 Å². The third-order valence-corrected chi connectivity index (χ3v) is 2.88. The van der Waals surface area contributed by atoms with E-state index in [1.54, 1.807) is 0 Å². The first kappa shape index (κ1) is 15.0. The molecule has 0 aliphatic rings. The number of benzene rings is 1. The first-order valence-corrected chi connectivity index (χ1v) is 5.80. The molecule has 1 aromatic carbocycles. The van der Waals surface area contributed by atoms with Crippen LogP contribution in [-0.4, -0.2) is 11.2 Å². The van der Waals surface area contributed by atoms with Crippen molar-refractivity contribution in [3.63, 3.8) is 0 Å². The molecule has 2 atom stereocenters. The first-order chi connectivity index (χ1) is 8.19. The SMILES string of the molecule is CC(N)c1cccc(C(F)(F)C(O)C(C)C)c1F. The second-order valence-electron chi connectivity index (χ2n) is 4.81. The van der Waals surface area contributed by atoms with Gasteiger partial charge in [0.25, 0.3) is 0 Å². The zero-order valence-corrected chi connectivity index (χ0v) is 10.6. The van der Waals surface area contributed by atoms with E-state index < -0.39 is 35.4 Å². The van der Waals surface area contributed by atoms with Gasteiger partial charge in [-0.3, -0.25) is 0 Å². The van der Waals surface area contributed by atoms with Crippen LogP contribution < -0.4 is 5.73 Å². The zero-order chi connectivity index (χ0) is 14.1. The summed E-state index contributed by atoms with van der Waals surface area (Å²) in [5.41, 5.74) is 4.73. The standard InChI is InChI=1S/C13H18F3NO/c1-7(2)12(18)13(15,16)10-6-4-5-9(8(3)17)11(10)14/h4-8,12,18H,17H2,1-3H3. The summed E-state index contributed by atoms with van der Waals surface area (Å²) >= 11 is 0. The Kier molecular flexibility index (Phi) is 4.40. The van der Waals surface area contributed by atoms with Crippen molar-refractivity contribution in [1.82, 2.24) is 0 Å². The van der Waals surface area contributed by atoms with E-state index in [1.807, 2.05) is 0 Å². The number of aliphatic hydroxyl groups is 1. The van der Waals surface area contributed by atoms with E-state index in [0.717, 1.165) is 6.07 Å². The lowest BCUT2D eigenvalue weighted by atomic mass is 9.92. The predicted molar refractivity (Wildman–Crippen MR) is 63.7 cm³/mol. The minimum absolute atomic E-state index is 0.0168. The second kappa shape index (κ2) is 5.28. The van der Waals surface area contributed by atoms with Gasteiger partial charge in [-0.15, -0.1) is 0 Å². The van der Waals surface area contributed by atoms with Gasteiger partial charge in [-0.05, 0) is 18.9 Å². The molecule has 3 N–H and O–H groups in total. The predicted octanol–water partition coefficient (Wildman–Crippen LogP) is 2.95. The van der Waals surface area contributed by atoms with Gasteiger partial charge in [0.2, 0.25) is 0 Å². The van der Waals surface area contributed by atoms with Crippen molar-refractivity contribution in [1.29, 1.82) is 0 Å². The molecule has 18 heavy (non-hydrogen) atoms. The van der Waals surface area contributed by atoms with E-state index in [9.17, 15) is 18.3 Å². The van der Waals surface area contributed by atoms with Crippen LogP contribution in [0.5, 0.6) is 0 Å². The fraction of sp³-hybridized carbons (Fsp3) is 0.538. The maximum Gasteiger partial charge on any atom is 0.301 e. The monoisotopic (exact) mass is 261 g/mol. The molecule has 0 spiro atoms. The number of halogens is 3. The average Bonchev–Trinajstić information content (AvgIpc) is 2.27. The van der Waals surface area contributed by atoms with Gasteiger partial charge in [0.1, 0.15) is 11.9 Å². The van der Waals surface area contributed by atoms with Crippen molar-refractivity contribution < 1.29 is 18.3 Å². The molecule has 0 heterocycles. The Morgan fingerprint density at radius 3 is 2.22 bits per heavy atom. The van der Waals surface area contributed by atoms with Crippen molar-refractivity contribution in [2.24, 2.45) is 11.7 Å². The molecule has 0 amide bonds. The molecule has 1 aromatic rings. The molecule has 0 radical (unpaired) electrons. The van der Waals surface area contributed by atoms with Crippen molar-refractivity contribution in [3.8, 4) is 0 Å². The van der Waals surface area contributed by atoms with Gasteiger partial charge in [0.15, 0.2) is 0 Å². The highest BCUT2D eigenvalue weighted by atomic mass is 19.3. The first-order valence-electron chi connectivity index (χ1n) is 5.80. The molecule has 1 rings (SSSR count). The average molecular weight is 261 g/mol. The molecule has 0 saturated carbocycles. The van der Waals surface area contributed by atoms with Crippen LogP contribution in [0.1, 0.15) is 37.9 Å². The van der Waals surface area contributed by atoms with Crippen LogP contribution in [0.15, 0.2) is 18.2 Å². The molecule has 0 aromatic heterocycles. The Morgan fingerprint density at radius 1 is 1.22 bits per heavy atom. The highest BCUT2D eigenvalue weighted by Gasteiger charge is 2.44. The van der Waals surface area contributed by atoms with Crippen molar-refractivity contribution in [2.75, 3.05) is 0 Å². The minimum Gasteiger partial charge on any atom is -0.386 e. The van der Waals surface area contributed by atoms with Crippen LogP contribution in [0.3, 0.4) is 0 Å². The van der Waals surface area contributed by atoms with Crippen LogP contribution in [0.4, 0.5) is 13.2 Å². The van der Waals surface area contributed by atoms with E-state index in [2.05, 4.69) is 0 Å². The summed E-state index contributed by atoms with van der Waals surface area (Å²) in [5, 5.41) is 9.51. The molecule has 2 nitrogen and oxygen atoms in total. The largest absolute Gasteiger partial charge is 0.386 e. The van der Waals surface area contributed by atoms with E-state index in [-0.39, 0.29) is 5.56 Å². The summed E-state index contributed by atoms with van der Waals surface area (Å²) in [7, 11) is 0.